The number of anilines is 1. The summed E-state index contributed by atoms with van der Waals surface area (Å²) in [6.07, 6.45) is 1.62. The first-order valence-corrected chi connectivity index (χ1v) is 10.0. The zero-order valence-corrected chi connectivity index (χ0v) is 16.3. The lowest BCUT2D eigenvalue weighted by atomic mass is 9.84. The van der Waals surface area contributed by atoms with Gasteiger partial charge in [0.15, 0.2) is 0 Å². The number of carbonyl (C=O) groups excluding carboxylic acids is 1. The predicted octanol–water partition coefficient (Wildman–Crippen LogP) is 2.14. The highest BCUT2D eigenvalue weighted by molar-refractivity contribution is 5.94. The Morgan fingerprint density at radius 2 is 1.96 bits per heavy atom. The number of piperidine rings is 1. The van der Waals surface area contributed by atoms with Crippen molar-refractivity contribution in [2.45, 2.75) is 25.8 Å². The number of hydrogen-bond acceptors (Lipinski definition) is 4. The maximum absolute atomic E-state index is 12.4. The van der Waals surface area contributed by atoms with Crippen LogP contribution in [0.1, 0.15) is 24.0 Å². The van der Waals surface area contributed by atoms with Crippen LogP contribution >= 0.6 is 0 Å². The molecule has 0 bridgehead atoms. The minimum Gasteiger partial charge on any atom is -0.368 e. The van der Waals surface area contributed by atoms with Gasteiger partial charge in [0, 0.05) is 56.7 Å². The highest BCUT2D eigenvalue weighted by Crippen LogP contribution is 2.36. The molecule has 1 unspecified atom stereocenters. The van der Waals surface area contributed by atoms with Crippen LogP contribution in [0, 0.1) is 12.8 Å². The van der Waals surface area contributed by atoms with Gasteiger partial charge in [-0.1, -0.05) is 25.3 Å². The second-order valence-corrected chi connectivity index (χ2v) is 8.00. The first-order chi connectivity index (χ1) is 13.0. The van der Waals surface area contributed by atoms with Crippen LogP contribution < -0.4 is 15.5 Å². The van der Waals surface area contributed by atoms with Crippen molar-refractivity contribution in [1.82, 2.24) is 15.5 Å². The quantitative estimate of drug-likeness (QED) is 0.857. The molecule has 0 spiro atoms. The van der Waals surface area contributed by atoms with E-state index < -0.39 is 0 Å². The van der Waals surface area contributed by atoms with Gasteiger partial charge in [0.2, 0.25) is 5.91 Å². The molecule has 1 atom stereocenters. The van der Waals surface area contributed by atoms with E-state index in [0.29, 0.717) is 6.04 Å². The molecule has 3 heterocycles. The molecule has 0 aliphatic carbocycles. The van der Waals surface area contributed by atoms with Crippen molar-refractivity contribution < 1.29 is 4.79 Å². The second-order valence-electron chi connectivity index (χ2n) is 8.00. The van der Waals surface area contributed by atoms with Gasteiger partial charge >= 0.3 is 0 Å². The van der Waals surface area contributed by atoms with Crippen molar-refractivity contribution in [1.29, 1.82) is 0 Å². The molecule has 1 aromatic carbocycles. The van der Waals surface area contributed by atoms with Crippen LogP contribution in [0.5, 0.6) is 0 Å². The van der Waals surface area contributed by atoms with Gasteiger partial charge in [-0.2, -0.15) is 0 Å². The molecule has 0 radical (unpaired) electrons. The summed E-state index contributed by atoms with van der Waals surface area (Å²) in [4.78, 5) is 17.4. The number of allylic oxidation sites excluding steroid dienone is 1. The fraction of sp³-hybridized carbons (Fsp3) is 0.500. The lowest BCUT2D eigenvalue weighted by Crippen LogP contribution is -2.63. The molecule has 0 aromatic heterocycles. The number of nitrogens with zero attached hydrogens (tertiary/aromatic N) is 2. The van der Waals surface area contributed by atoms with Crippen LogP contribution in [0.2, 0.25) is 0 Å². The van der Waals surface area contributed by atoms with Crippen molar-refractivity contribution in [3.63, 3.8) is 0 Å². The van der Waals surface area contributed by atoms with E-state index in [0.717, 1.165) is 68.9 Å². The third kappa shape index (κ3) is 3.54. The number of carbonyl (C=O) groups is 1. The van der Waals surface area contributed by atoms with E-state index in [1.54, 1.807) is 0 Å². The third-order valence-corrected chi connectivity index (χ3v) is 6.29. The van der Waals surface area contributed by atoms with Crippen LogP contribution in [0.15, 0.2) is 37.1 Å². The van der Waals surface area contributed by atoms with Crippen LogP contribution in [-0.4, -0.2) is 56.1 Å². The Morgan fingerprint density at radius 1 is 1.22 bits per heavy atom. The second kappa shape index (κ2) is 7.49. The summed E-state index contributed by atoms with van der Waals surface area (Å²) in [7, 11) is 0. The van der Waals surface area contributed by atoms with E-state index in [4.69, 9.17) is 0 Å². The van der Waals surface area contributed by atoms with Gasteiger partial charge in [-0.25, -0.2) is 0 Å². The normalized spacial score (nSPS) is 24.5. The SMILES string of the molecule is C=C1CCC(C(=C)c2cccc(N3CC(N4CCNCC4)C3)c2C)C(=O)N1. The molecule has 27 heavy (non-hydrogen) atoms. The lowest BCUT2D eigenvalue weighted by Gasteiger charge is -2.48. The van der Waals surface area contributed by atoms with E-state index >= 15 is 0 Å². The summed E-state index contributed by atoms with van der Waals surface area (Å²) in [5.74, 6) is -0.127. The fourth-order valence-corrected chi connectivity index (χ4v) is 4.54. The van der Waals surface area contributed by atoms with Crippen LogP contribution in [-0.2, 0) is 4.79 Å². The Labute approximate surface area is 162 Å². The molecule has 2 N–H and O–H groups in total. The maximum atomic E-state index is 12.4. The smallest absolute Gasteiger partial charge is 0.231 e. The van der Waals surface area contributed by atoms with E-state index in [1.165, 1.54) is 11.3 Å². The minimum atomic E-state index is -0.158. The van der Waals surface area contributed by atoms with Gasteiger partial charge in [0.1, 0.15) is 0 Å². The monoisotopic (exact) mass is 366 g/mol. The number of hydrogen-bond donors (Lipinski definition) is 2. The van der Waals surface area contributed by atoms with Crippen molar-refractivity contribution in [3.05, 3.63) is 48.2 Å². The lowest BCUT2D eigenvalue weighted by molar-refractivity contribution is -0.123. The molecule has 3 fully saturated rings. The summed E-state index contributed by atoms with van der Waals surface area (Å²) in [5.41, 5.74) is 5.37. The summed E-state index contributed by atoms with van der Waals surface area (Å²) in [6, 6.07) is 7.06. The maximum Gasteiger partial charge on any atom is 0.231 e. The first-order valence-electron chi connectivity index (χ1n) is 10.0. The molecule has 3 aliphatic rings. The molecule has 3 aliphatic heterocycles. The summed E-state index contributed by atoms with van der Waals surface area (Å²) >= 11 is 0. The Bertz CT molecular complexity index is 760. The van der Waals surface area contributed by atoms with Gasteiger partial charge in [0.25, 0.3) is 0 Å². The van der Waals surface area contributed by atoms with Crippen LogP contribution in [0.4, 0.5) is 5.69 Å². The molecule has 144 valence electrons. The zero-order chi connectivity index (χ0) is 19.0. The fourth-order valence-electron chi connectivity index (χ4n) is 4.54. The average molecular weight is 367 g/mol. The van der Waals surface area contributed by atoms with E-state index in [9.17, 15) is 4.79 Å². The topological polar surface area (TPSA) is 47.6 Å². The Hall–Kier alpha value is -2.11. The molecule has 0 saturated carbocycles. The highest BCUT2D eigenvalue weighted by Gasteiger charge is 2.34. The van der Waals surface area contributed by atoms with Crippen LogP contribution in [0.3, 0.4) is 0 Å². The van der Waals surface area contributed by atoms with Crippen molar-refractivity contribution in [2.24, 2.45) is 5.92 Å². The minimum absolute atomic E-state index is 0.0313. The highest BCUT2D eigenvalue weighted by atomic mass is 16.2. The molecule has 3 saturated heterocycles. The third-order valence-electron chi connectivity index (χ3n) is 6.29. The predicted molar refractivity (Wildman–Crippen MR) is 111 cm³/mol. The summed E-state index contributed by atoms with van der Waals surface area (Å²) in [5, 5.41) is 6.31. The Kier molecular flexibility index (Phi) is 5.06. The van der Waals surface area contributed by atoms with E-state index in [1.807, 2.05) is 0 Å². The number of rotatable bonds is 4. The largest absolute Gasteiger partial charge is 0.368 e. The average Bonchev–Trinajstić information content (AvgIpc) is 2.62. The Balaban J connectivity index is 1.46. The molecule has 5 heteroatoms. The van der Waals surface area contributed by atoms with Gasteiger partial charge in [-0.3, -0.25) is 9.69 Å². The van der Waals surface area contributed by atoms with Crippen molar-refractivity contribution >= 4 is 17.2 Å². The number of piperazine rings is 1. The van der Waals surface area contributed by atoms with Gasteiger partial charge in [-0.05, 0) is 42.5 Å². The standard InChI is InChI=1S/C22H30N4O/c1-15-7-8-20(22(27)24-15)16(2)19-5-4-6-21(17(19)3)26-13-18(14-26)25-11-9-23-10-12-25/h4-6,18,20,23H,1-2,7-14H2,3H3,(H,24,27). The van der Waals surface area contributed by atoms with Gasteiger partial charge in [0.05, 0.1) is 5.92 Å². The zero-order valence-electron chi connectivity index (χ0n) is 16.3. The summed E-state index contributed by atoms with van der Waals surface area (Å²) < 4.78 is 0. The van der Waals surface area contributed by atoms with E-state index in [2.05, 4.69) is 58.7 Å². The molecule has 1 amide bonds. The molecular weight excluding hydrogens is 336 g/mol. The first kappa shape index (κ1) is 18.3. The number of amides is 1. The molecule has 4 rings (SSSR count). The molecule has 1 aromatic rings. The van der Waals surface area contributed by atoms with E-state index in [-0.39, 0.29) is 11.8 Å². The number of benzene rings is 1. The molecule has 5 nitrogen and oxygen atoms in total. The molecular formula is C22H30N4O. The number of nitrogens with one attached hydrogen (secondary N) is 2. The van der Waals surface area contributed by atoms with Gasteiger partial charge < -0.3 is 15.5 Å². The van der Waals surface area contributed by atoms with Crippen molar-refractivity contribution in [3.8, 4) is 0 Å². The van der Waals surface area contributed by atoms with Crippen LogP contribution in [0.25, 0.3) is 5.57 Å². The van der Waals surface area contributed by atoms with Gasteiger partial charge in [-0.15, -0.1) is 0 Å². The Morgan fingerprint density at radius 3 is 2.67 bits per heavy atom. The summed E-state index contributed by atoms with van der Waals surface area (Å²) in [6.45, 7) is 17.0. The van der Waals surface area contributed by atoms with Crippen molar-refractivity contribution in [2.75, 3.05) is 44.2 Å².